The van der Waals surface area contributed by atoms with E-state index in [9.17, 15) is 9.59 Å². The molecule has 7 heteroatoms. The molecule has 1 aliphatic carbocycles. The van der Waals surface area contributed by atoms with E-state index >= 15 is 0 Å². The molecule has 1 aromatic heterocycles. The third kappa shape index (κ3) is 4.49. The number of ether oxygens (including phenoxy) is 3. The van der Waals surface area contributed by atoms with Gasteiger partial charge in [0.1, 0.15) is 0 Å². The van der Waals surface area contributed by atoms with Crippen molar-refractivity contribution in [2.45, 2.75) is 58.0 Å². The summed E-state index contributed by atoms with van der Waals surface area (Å²) in [6.07, 6.45) is 1.58. The molecule has 3 atom stereocenters. The summed E-state index contributed by atoms with van der Waals surface area (Å²) in [4.78, 5) is 27.8. The average Bonchev–Trinajstić information content (AvgIpc) is 3.37. The number of nitrogens with one attached hydrogen (secondary N) is 1. The molecular formula is C27H31NO5S. The largest absolute Gasteiger partial charge is 0.493 e. The third-order valence-corrected chi connectivity index (χ3v) is 7.57. The van der Waals surface area contributed by atoms with Crippen molar-refractivity contribution in [3.63, 3.8) is 0 Å². The van der Waals surface area contributed by atoms with E-state index < -0.39 is 5.92 Å². The van der Waals surface area contributed by atoms with E-state index in [2.05, 4.69) is 5.32 Å². The van der Waals surface area contributed by atoms with Crippen molar-refractivity contribution in [2.24, 2.45) is 0 Å². The van der Waals surface area contributed by atoms with Gasteiger partial charge in [0, 0.05) is 28.3 Å². The number of Topliss-reactive ketones (excluding diaryl/α,β-unsaturated/α-hetero) is 1. The SMILES string of the molecule is CCC(C)OC(=O)C1=C(C)NC2=C(C(=O)CC(c3ccc(OC)c(OC)c3)C2)C1c1cccs1. The summed E-state index contributed by atoms with van der Waals surface area (Å²) < 4.78 is 16.5. The van der Waals surface area contributed by atoms with E-state index in [-0.39, 0.29) is 23.8 Å². The zero-order valence-corrected chi connectivity index (χ0v) is 21.1. The lowest BCUT2D eigenvalue weighted by Gasteiger charge is -2.36. The summed E-state index contributed by atoms with van der Waals surface area (Å²) >= 11 is 1.55. The highest BCUT2D eigenvalue weighted by Crippen LogP contribution is 2.47. The maximum atomic E-state index is 13.6. The maximum absolute atomic E-state index is 13.6. The van der Waals surface area contributed by atoms with Gasteiger partial charge in [0.15, 0.2) is 17.3 Å². The molecule has 0 amide bonds. The van der Waals surface area contributed by atoms with E-state index in [0.717, 1.165) is 28.3 Å². The first-order valence-corrected chi connectivity index (χ1v) is 12.5. The predicted molar refractivity (Wildman–Crippen MR) is 132 cm³/mol. The summed E-state index contributed by atoms with van der Waals surface area (Å²) in [5.74, 6) is 0.583. The second-order valence-corrected chi connectivity index (χ2v) is 9.75. The molecule has 0 bridgehead atoms. The molecule has 1 N–H and O–H groups in total. The molecule has 1 aromatic carbocycles. The topological polar surface area (TPSA) is 73.9 Å². The number of esters is 1. The Labute approximate surface area is 204 Å². The number of thiophene rings is 1. The molecule has 0 saturated heterocycles. The number of allylic oxidation sites excluding steroid dienone is 3. The first kappa shape index (κ1) is 24.1. The van der Waals surface area contributed by atoms with Crippen molar-refractivity contribution in [2.75, 3.05) is 14.2 Å². The second-order valence-electron chi connectivity index (χ2n) is 8.77. The Balaban J connectivity index is 1.72. The molecule has 3 unspecified atom stereocenters. The number of dihydropyridines is 1. The first-order valence-electron chi connectivity index (χ1n) is 11.6. The Hall–Kier alpha value is -3.06. The minimum absolute atomic E-state index is 0.00366. The summed E-state index contributed by atoms with van der Waals surface area (Å²) in [7, 11) is 3.21. The van der Waals surface area contributed by atoms with Crippen LogP contribution in [0.3, 0.4) is 0 Å². The molecule has 0 saturated carbocycles. The van der Waals surface area contributed by atoms with Gasteiger partial charge in [-0.3, -0.25) is 4.79 Å². The number of carbonyl (C=O) groups excluding carboxylic acids is 2. The van der Waals surface area contributed by atoms with Crippen LogP contribution in [0.4, 0.5) is 0 Å². The minimum Gasteiger partial charge on any atom is -0.493 e. The Bertz CT molecular complexity index is 1150. The molecule has 0 radical (unpaired) electrons. The van der Waals surface area contributed by atoms with Gasteiger partial charge in [0.05, 0.1) is 31.8 Å². The predicted octanol–water partition coefficient (Wildman–Crippen LogP) is 5.47. The lowest BCUT2D eigenvalue weighted by molar-refractivity contribution is -0.143. The standard InChI is InChI=1S/C27H31NO5S/c1-6-15(2)33-27(30)24-16(3)28-19-12-18(17-9-10-21(31-4)22(14-17)32-5)13-20(29)25(19)26(24)23-8-7-11-34-23/h7-11,14-15,18,26,28H,6,12-13H2,1-5H3. The van der Waals surface area contributed by atoms with Crippen LogP contribution in [0.2, 0.25) is 0 Å². The number of hydrogen-bond acceptors (Lipinski definition) is 7. The number of benzene rings is 1. The zero-order valence-electron chi connectivity index (χ0n) is 20.3. The Morgan fingerprint density at radius 2 is 1.94 bits per heavy atom. The van der Waals surface area contributed by atoms with E-state index in [1.54, 1.807) is 25.6 Å². The van der Waals surface area contributed by atoms with Crippen LogP contribution in [0.15, 0.2) is 58.3 Å². The fraction of sp³-hybridized carbons (Fsp3) is 0.407. The van der Waals surface area contributed by atoms with E-state index in [4.69, 9.17) is 14.2 Å². The number of methoxy groups -OCH3 is 2. The fourth-order valence-corrected chi connectivity index (χ4v) is 5.56. The van der Waals surface area contributed by atoms with Crippen LogP contribution in [0, 0.1) is 0 Å². The molecule has 6 nitrogen and oxygen atoms in total. The van der Waals surface area contributed by atoms with Gasteiger partial charge < -0.3 is 19.5 Å². The van der Waals surface area contributed by atoms with Crippen LogP contribution < -0.4 is 14.8 Å². The maximum Gasteiger partial charge on any atom is 0.337 e. The molecule has 4 rings (SSSR count). The molecular weight excluding hydrogens is 450 g/mol. The number of hydrogen-bond donors (Lipinski definition) is 1. The smallest absolute Gasteiger partial charge is 0.337 e. The molecule has 0 fully saturated rings. The van der Waals surface area contributed by atoms with Crippen molar-refractivity contribution >= 4 is 23.1 Å². The third-order valence-electron chi connectivity index (χ3n) is 6.64. The monoisotopic (exact) mass is 481 g/mol. The number of carbonyl (C=O) groups is 2. The van der Waals surface area contributed by atoms with Crippen LogP contribution in [-0.2, 0) is 14.3 Å². The Morgan fingerprint density at radius 3 is 2.59 bits per heavy atom. The summed E-state index contributed by atoms with van der Waals surface area (Å²) in [6, 6.07) is 9.75. The zero-order chi connectivity index (χ0) is 24.4. The van der Waals surface area contributed by atoms with Crippen LogP contribution in [0.25, 0.3) is 0 Å². The molecule has 34 heavy (non-hydrogen) atoms. The van der Waals surface area contributed by atoms with Crippen molar-refractivity contribution < 1.29 is 23.8 Å². The van der Waals surface area contributed by atoms with Crippen LogP contribution >= 0.6 is 11.3 Å². The van der Waals surface area contributed by atoms with Gasteiger partial charge in [-0.05, 0) is 61.7 Å². The normalized spacial score (nSPS) is 21.0. The van der Waals surface area contributed by atoms with Crippen molar-refractivity contribution in [1.82, 2.24) is 5.32 Å². The lowest BCUT2D eigenvalue weighted by Crippen LogP contribution is -2.36. The first-order chi connectivity index (χ1) is 16.4. The van der Waals surface area contributed by atoms with Gasteiger partial charge in [-0.2, -0.15) is 0 Å². The Morgan fingerprint density at radius 1 is 1.18 bits per heavy atom. The van der Waals surface area contributed by atoms with Crippen LogP contribution in [0.5, 0.6) is 11.5 Å². The molecule has 2 aromatic rings. The molecule has 0 spiro atoms. The summed E-state index contributed by atoms with van der Waals surface area (Å²) in [6.45, 7) is 5.76. The number of rotatable bonds is 7. The van der Waals surface area contributed by atoms with Gasteiger partial charge in [0.25, 0.3) is 0 Å². The molecule has 2 heterocycles. The van der Waals surface area contributed by atoms with Crippen molar-refractivity contribution in [3.05, 3.63) is 68.7 Å². The highest BCUT2D eigenvalue weighted by atomic mass is 32.1. The van der Waals surface area contributed by atoms with Crippen LogP contribution in [0.1, 0.15) is 62.3 Å². The second kappa shape index (κ2) is 10.1. The van der Waals surface area contributed by atoms with E-state index in [0.29, 0.717) is 35.5 Å². The highest BCUT2D eigenvalue weighted by Gasteiger charge is 2.42. The van der Waals surface area contributed by atoms with Gasteiger partial charge >= 0.3 is 5.97 Å². The quantitative estimate of drug-likeness (QED) is 0.529. The van der Waals surface area contributed by atoms with E-state index in [1.807, 2.05) is 56.5 Å². The summed E-state index contributed by atoms with van der Waals surface area (Å²) in [5, 5.41) is 5.38. The van der Waals surface area contributed by atoms with Gasteiger partial charge in [-0.1, -0.05) is 19.1 Å². The van der Waals surface area contributed by atoms with Crippen LogP contribution in [-0.4, -0.2) is 32.1 Å². The molecule has 1 aliphatic heterocycles. The van der Waals surface area contributed by atoms with Gasteiger partial charge in [-0.25, -0.2) is 4.79 Å². The highest BCUT2D eigenvalue weighted by molar-refractivity contribution is 7.10. The van der Waals surface area contributed by atoms with Crippen molar-refractivity contribution in [1.29, 1.82) is 0 Å². The minimum atomic E-state index is -0.411. The Kier molecular flexibility index (Phi) is 7.12. The van der Waals surface area contributed by atoms with E-state index in [1.165, 1.54) is 0 Å². The number of ketones is 1. The summed E-state index contributed by atoms with van der Waals surface area (Å²) in [5.41, 5.74) is 3.86. The average molecular weight is 482 g/mol. The fourth-order valence-electron chi connectivity index (χ4n) is 4.72. The molecule has 2 aliphatic rings. The van der Waals surface area contributed by atoms with Crippen molar-refractivity contribution in [3.8, 4) is 11.5 Å². The van der Waals surface area contributed by atoms with Gasteiger partial charge in [0.2, 0.25) is 0 Å². The lowest BCUT2D eigenvalue weighted by atomic mass is 9.73. The molecule has 180 valence electrons. The van der Waals surface area contributed by atoms with Gasteiger partial charge in [-0.15, -0.1) is 11.3 Å².